The van der Waals surface area contributed by atoms with Gasteiger partial charge >= 0.3 is 0 Å². The van der Waals surface area contributed by atoms with Crippen molar-refractivity contribution in [3.05, 3.63) is 48.7 Å². The highest BCUT2D eigenvalue weighted by Crippen LogP contribution is 2.23. The first-order valence-corrected chi connectivity index (χ1v) is 11.0. The van der Waals surface area contributed by atoms with Crippen LogP contribution in [-0.2, 0) is 14.8 Å². The van der Waals surface area contributed by atoms with Crippen LogP contribution in [0.2, 0.25) is 0 Å². The maximum atomic E-state index is 13.0. The second-order valence-electron chi connectivity index (χ2n) is 6.84. The third kappa shape index (κ3) is 5.01. The van der Waals surface area contributed by atoms with Crippen molar-refractivity contribution in [1.82, 2.24) is 9.88 Å². The Bertz CT molecular complexity index is 838. The number of para-hydroxylation sites is 1. The maximum Gasteiger partial charge on any atom is 0.265 e. The molecular weight excluding hydrogens is 376 g/mol. The van der Waals surface area contributed by atoms with Gasteiger partial charge in [0.15, 0.2) is 0 Å². The Balaban J connectivity index is 1.67. The van der Waals surface area contributed by atoms with E-state index in [1.165, 1.54) is 10.5 Å². The summed E-state index contributed by atoms with van der Waals surface area (Å²) >= 11 is 0. The second kappa shape index (κ2) is 9.36. The molecule has 1 fully saturated rings. The Hall–Kier alpha value is -2.16. The molecule has 152 valence electrons. The molecule has 0 bridgehead atoms. The fourth-order valence-electron chi connectivity index (χ4n) is 3.30. The van der Waals surface area contributed by atoms with E-state index in [9.17, 15) is 8.42 Å². The minimum Gasteiger partial charge on any atom is -0.379 e. The number of nitrogens with zero attached hydrogens (tertiary/aromatic N) is 3. The van der Waals surface area contributed by atoms with Crippen LogP contribution in [0.15, 0.2) is 53.6 Å². The largest absolute Gasteiger partial charge is 0.379 e. The zero-order chi connectivity index (χ0) is 20.0. The van der Waals surface area contributed by atoms with Gasteiger partial charge in [-0.2, -0.15) is 0 Å². The van der Waals surface area contributed by atoms with Crippen LogP contribution in [0, 0.1) is 0 Å². The van der Waals surface area contributed by atoms with E-state index in [2.05, 4.69) is 22.1 Å². The van der Waals surface area contributed by atoms with Crippen molar-refractivity contribution in [3.8, 4) is 0 Å². The summed E-state index contributed by atoms with van der Waals surface area (Å²) in [5.74, 6) is 0.669. The Morgan fingerprint density at radius 2 is 1.89 bits per heavy atom. The van der Waals surface area contributed by atoms with Crippen LogP contribution in [0.5, 0.6) is 0 Å². The monoisotopic (exact) mass is 404 g/mol. The Morgan fingerprint density at radius 1 is 1.18 bits per heavy atom. The topological polar surface area (TPSA) is 74.8 Å². The van der Waals surface area contributed by atoms with Gasteiger partial charge in [0.05, 0.1) is 18.9 Å². The highest BCUT2D eigenvalue weighted by molar-refractivity contribution is 7.92. The SMILES string of the molecule is CCN(c1ccccc1)S(=O)(=O)c1ccc(NC(C)CN2CCOCC2)nc1. The summed E-state index contributed by atoms with van der Waals surface area (Å²) in [7, 11) is -3.65. The molecule has 1 saturated heterocycles. The molecule has 1 N–H and O–H groups in total. The number of morpholine rings is 1. The number of pyridine rings is 1. The van der Waals surface area contributed by atoms with Crippen LogP contribution in [0.3, 0.4) is 0 Å². The summed E-state index contributed by atoms with van der Waals surface area (Å²) in [6, 6.07) is 12.6. The summed E-state index contributed by atoms with van der Waals surface area (Å²) in [6.07, 6.45) is 1.42. The first-order chi connectivity index (χ1) is 13.5. The highest BCUT2D eigenvalue weighted by Gasteiger charge is 2.24. The lowest BCUT2D eigenvalue weighted by Gasteiger charge is -2.29. The van der Waals surface area contributed by atoms with Crippen molar-refractivity contribution in [1.29, 1.82) is 0 Å². The molecule has 2 aromatic rings. The molecule has 0 radical (unpaired) electrons. The summed E-state index contributed by atoms with van der Waals surface area (Å²) in [5, 5.41) is 3.34. The molecule has 1 atom stereocenters. The molecular formula is C20H28N4O3S. The number of ether oxygens (including phenoxy) is 1. The van der Waals surface area contributed by atoms with E-state index in [1.54, 1.807) is 24.3 Å². The van der Waals surface area contributed by atoms with Crippen LogP contribution in [-0.4, -0.2) is 63.7 Å². The zero-order valence-electron chi connectivity index (χ0n) is 16.4. The quantitative estimate of drug-likeness (QED) is 0.728. The van der Waals surface area contributed by atoms with Gasteiger partial charge in [0.25, 0.3) is 10.0 Å². The van der Waals surface area contributed by atoms with E-state index in [-0.39, 0.29) is 10.9 Å². The standard InChI is InChI=1S/C20H28N4O3S/c1-3-24(18-7-5-4-6-8-18)28(25,26)19-9-10-20(21-15-19)22-17(2)16-23-11-13-27-14-12-23/h4-10,15,17H,3,11-14,16H2,1-2H3,(H,21,22). The maximum absolute atomic E-state index is 13.0. The number of hydrogen-bond acceptors (Lipinski definition) is 6. The van der Waals surface area contributed by atoms with Gasteiger partial charge in [-0.25, -0.2) is 13.4 Å². The molecule has 2 heterocycles. The zero-order valence-corrected chi connectivity index (χ0v) is 17.2. The Morgan fingerprint density at radius 3 is 2.50 bits per heavy atom. The number of rotatable bonds is 8. The van der Waals surface area contributed by atoms with Crippen LogP contribution in [0.4, 0.5) is 11.5 Å². The summed E-state index contributed by atoms with van der Waals surface area (Å²) in [4.78, 5) is 6.86. The highest BCUT2D eigenvalue weighted by atomic mass is 32.2. The molecule has 0 amide bonds. The second-order valence-corrected chi connectivity index (χ2v) is 8.71. The molecule has 0 spiro atoms. The Kier molecular flexibility index (Phi) is 6.88. The molecule has 7 nitrogen and oxygen atoms in total. The van der Waals surface area contributed by atoms with E-state index < -0.39 is 10.0 Å². The van der Waals surface area contributed by atoms with Crippen molar-refractivity contribution in [2.24, 2.45) is 0 Å². The van der Waals surface area contributed by atoms with Crippen LogP contribution < -0.4 is 9.62 Å². The van der Waals surface area contributed by atoms with Gasteiger partial charge in [-0.15, -0.1) is 0 Å². The third-order valence-corrected chi connectivity index (χ3v) is 6.57. The van der Waals surface area contributed by atoms with E-state index in [4.69, 9.17) is 4.74 Å². The number of sulfonamides is 1. The molecule has 1 aromatic heterocycles. The predicted octanol–water partition coefficient (Wildman–Crippen LogP) is 2.43. The number of benzene rings is 1. The molecule has 3 rings (SSSR count). The lowest BCUT2D eigenvalue weighted by atomic mass is 10.3. The molecule has 1 unspecified atom stereocenters. The van der Waals surface area contributed by atoms with Crippen molar-refractivity contribution in [3.63, 3.8) is 0 Å². The molecule has 1 aliphatic heterocycles. The lowest BCUT2D eigenvalue weighted by Crippen LogP contribution is -2.42. The predicted molar refractivity (Wildman–Crippen MR) is 111 cm³/mol. The Labute approximate surface area is 167 Å². The first kappa shape index (κ1) is 20.6. The first-order valence-electron chi connectivity index (χ1n) is 9.61. The summed E-state index contributed by atoms with van der Waals surface area (Å²) in [6.45, 7) is 8.56. The lowest BCUT2D eigenvalue weighted by molar-refractivity contribution is 0.0368. The molecule has 0 saturated carbocycles. The van der Waals surface area contributed by atoms with Gasteiger partial charge < -0.3 is 10.1 Å². The summed E-state index contributed by atoms with van der Waals surface area (Å²) < 4.78 is 32.8. The molecule has 28 heavy (non-hydrogen) atoms. The number of anilines is 2. The van der Waals surface area contributed by atoms with Gasteiger partial charge in [0.1, 0.15) is 10.7 Å². The number of aromatic nitrogens is 1. The van der Waals surface area contributed by atoms with Gasteiger partial charge in [-0.3, -0.25) is 9.21 Å². The minimum atomic E-state index is -3.65. The van der Waals surface area contributed by atoms with E-state index in [0.717, 1.165) is 32.8 Å². The van der Waals surface area contributed by atoms with E-state index >= 15 is 0 Å². The smallest absolute Gasteiger partial charge is 0.265 e. The summed E-state index contributed by atoms with van der Waals surface area (Å²) in [5.41, 5.74) is 0.645. The van der Waals surface area contributed by atoms with Crippen LogP contribution in [0.1, 0.15) is 13.8 Å². The van der Waals surface area contributed by atoms with Crippen molar-refractivity contribution < 1.29 is 13.2 Å². The van der Waals surface area contributed by atoms with E-state index in [0.29, 0.717) is 18.1 Å². The van der Waals surface area contributed by atoms with E-state index in [1.807, 2.05) is 25.1 Å². The number of hydrogen-bond donors (Lipinski definition) is 1. The van der Waals surface area contributed by atoms with Crippen LogP contribution in [0.25, 0.3) is 0 Å². The van der Waals surface area contributed by atoms with Crippen LogP contribution >= 0.6 is 0 Å². The number of nitrogens with one attached hydrogen (secondary N) is 1. The fourth-order valence-corrected chi connectivity index (χ4v) is 4.72. The van der Waals surface area contributed by atoms with Gasteiger partial charge in [0.2, 0.25) is 0 Å². The van der Waals surface area contributed by atoms with Crippen molar-refractivity contribution in [2.75, 3.05) is 49.0 Å². The molecule has 1 aromatic carbocycles. The van der Waals surface area contributed by atoms with Crippen molar-refractivity contribution in [2.45, 2.75) is 24.8 Å². The fraction of sp³-hybridized carbons (Fsp3) is 0.450. The molecule has 0 aliphatic carbocycles. The average Bonchev–Trinajstić information content (AvgIpc) is 2.70. The minimum absolute atomic E-state index is 0.185. The molecule has 8 heteroatoms. The average molecular weight is 405 g/mol. The normalized spacial score (nSPS) is 16.5. The van der Waals surface area contributed by atoms with Crippen molar-refractivity contribution >= 4 is 21.5 Å². The molecule has 1 aliphatic rings. The van der Waals surface area contributed by atoms with Gasteiger partial charge in [-0.05, 0) is 38.1 Å². The third-order valence-electron chi connectivity index (χ3n) is 4.69. The van der Waals surface area contributed by atoms with Gasteiger partial charge in [0, 0.05) is 38.4 Å². The van der Waals surface area contributed by atoms with Gasteiger partial charge in [-0.1, -0.05) is 18.2 Å².